The second-order valence-electron chi connectivity index (χ2n) is 5.61. The molecule has 2 rings (SSSR count). The Morgan fingerprint density at radius 2 is 1.96 bits per heavy atom. The monoisotopic (exact) mass is 362 g/mol. The third kappa shape index (κ3) is 5.36. The van der Waals surface area contributed by atoms with Gasteiger partial charge in [-0.25, -0.2) is 4.98 Å². The van der Waals surface area contributed by atoms with E-state index in [-0.39, 0.29) is 11.6 Å². The fourth-order valence-corrected chi connectivity index (χ4v) is 2.47. The van der Waals surface area contributed by atoms with Crippen LogP contribution in [0.4, 0.5) is 0 Å². The Morgan fingerprint density at radius 1 is 1.20 bits per heavy atom. The number of pyridine rings is 1. The van der Waals surface area contributed by atoms with E-state index in [1.165, 1.54) is 0 Å². The number of aromatic nitrogens is 1. The van der Waals surface area contributed by atoms with Crippen molar-refractivity contribution < 1.29 is 14.3 Å². The van der Waals surface area contributed by atoms with Crippen LogP contribution in [0.15, 0.2) is 36.4 Å². The van der Waals surface area contributed by atoms with E-state index in [1.54, 1.807) is 24.1 Å². The number of rotatable bonds is 8. The van der Waals surface area contributed by atoms with E-state index in [1.807, 2.05) is 38.1 Å². The van der Waals surface area contributed by atoms with E-state index >= 15 is 0 Å². The molecule has 0 atom stereocenters. The first-order valence-electron chi connectivity index (χ1n) is 8.26. The van der Waals surface area contributed by atoms with Gasteiger partial charge >= 0.3 is 0 Å². The summed E-state index contributed by atoms with van der Waals surface area (Å²) in [6.07, 6.45) is 0.708. The minimum atomic E-state index is -0.234. The van der Waals surface area contributed by atoms with Crippen LogP contribution in [-0.4, -0.2) is 42.6 Å². The molecule has 0 radical (unpaired) electrons. The summed E-state index contributed by atoms with van der Waals surface area (Å²) in [4.78, 5) is 18.3. The summed E-state index contributed by atoms with van der Waals surface area (Å²) in [5.41, 5.74) is 1.30. The molecular weight excluding hydrogens is 340 g/mol. The van der Waals surface area contributed by atoms with Crippen molar-refractivity contribution in [1.29, 1.82) is 0 Å². The molecule has 0 saturated carbocycles. The lowest BCUT2D eigenvalue weighted by Crippen LogP contribution is -2.29. The average Bonchev–Trinajstić information content (AvgIpc) is 2.61. The van der Waals surface area contributed by atoms with Crippen LogP contribution >= 0.6 is 11.6 Å². The van der Waals surface area contributed by atoms with Gasteiger partial charge in [0, 0.05) is 19.7 Å². The lowest BCUT2D eigenvalue weighted by Gasteiger charge is -2.18. The number of carbonyl (C=O) groups is 1. The van der Waals surface area contributed by atoms with Gasteiger partial charge in [0.2, 0.25) is 5.88 Å². The standard InChI is InChI=1S/C19H23ClN2O3/c1-4-24-17-11-10-15(20)18(21-17)19(23)22(3)12-7-13-25-16-9-6-5-8-14(16)2/h5-6,8-11H,4,7,12-13H2,1-3H3. The molecule has 0 unspecified atom stereocenters. The van der Waals surface area contributed by atoms with Crippen LogP contribution in [0.2, 0.25) is 5.02 Å². The first-order chi connectivity index (χ1) is 12.0. The van der Waals surface area contributed by atoms with Crippen LogP contribution in [-0.2, 0) is 0 Å². The largest absolute Gasteiger partial charge is 0.493 e. The molecule has 0 fully saturated rings. The van der Waals surface area contributed by atoms with Gasteiger partial charge in [-0.15, -0.1) is 0 Å². The lowest BCUT2D eigenvalue weighted by molar-refractivity contribution is 0.0781. The van der Waals surface area contributed by atoms with Crippen molar-refractivity contribution in [1.82, 2.24) is 9.88 Å². The van der Waals surface area contributed by atoms with Crippen molar-refractivity contribution in [2.75, 3.05) is 26.8 Å². The maximum atomic E-state index is 12.5. The Balaban J connectivity index is 1.88. The van der Waals surface area contributed by atoms with Crippen LogP contribution < -0.4 is 9.47 Å². The Hall–Kier alpha value is -2.27. The fourth-order valence-electron chi connectivity index (χ4n) is 2.29. The number of carbonyl (C=O) groups excluding carboxylic acids is 1. The average molecular weight is 363 g/mol. The van der Waals surface area contributed by atoms with Crippen LogP contribution in [0.3, 0.4) is 0 Å². The van der Waals surface area contributed by atoms with Crippen LogP contribution in [0, 0.1) is 6.92 Å². The van der Waals surface area contributed by atoms with Crippen LogP contribution in [0.25, 0.3) is 0 Å². The molecule has 0 aliphatic rings. The highest BCUT2D eigenvalue weighted by Crippen LogP contribution is 2.20. The van der Waals surface area contributed by atoms with E-state index < -0.39 is 0 Å². The maximum absolute atomic E-state index is 12.5. The highest BCUT2D eigenvalue weighted by Gasteiger charge is 2.18. The lowest BCUT2D eigenvalue weighted by atomic mass is 10.2. The molecule has 1 aromatic heterocycles. The number of benzene rings is 1. The zero-order chi connectivity index (χ0) is 18.2. The summed E-state index contributed by atoms with van der Waals surface area (Å²) in [7, 11) is 1.72. The predicted molar refractivity (Wildman–Crippen MR) is 98.7 cm³/mol. The van der Waals surface area contributed by atoms with Crippen molar-refractivity contribution >= 4 is 17.5 Å². The van der Waals surface area contributed by atoms with Gasteiger partial charge in [-0.3, -0.25) is 4.79 Å². The number of nitrogens with zero attached hydrogens (tertiary/aromatic N) is 2. The molecule has 25 heavy (non-hydrogen) atoms. The van der Waals surface area contributed by atoms with Crippen LogP contribution in [0.5, 0.6) is 11.6 Å². The van der Waals surface area contributed by atoms with Crippen molar-refractivity contribution in [2.24, 2.45) is 0 Å². The molecule has 2 aromatic rings. The number of amides is 1. The summed E-state index contributed by atoms with van der Waals surface area (Å²) < 4.78 is 11.1. The van der Waals surface area contributed by atoms with Gasteiger partial charge in [-0.2, -0.15) is 0 Å². The Kier molecular flexibility index (Phi) is 7.07. The minimum absolute atomic E-state index is 0.204. The van der Waals surface area contributed by atoms with Crippen molar-refractivity contribution in [3.05, 3.63) is 52.7 Å². The molecule has 1 aromatic carbocycles. The number of ether oxygens (including phenoxy) is 2. The topological polar surface area (TPSA) is 51.7 Å². The highest BCUT2D eigenvalue weighted by molar-refractivity contribution is 6.33. The van der Waals surface area contributed by atoms with E-state index in [9.17, 15) is 4.79 Å². The summed E-state index contributed by atoms with van der Waals surface area (Å²) in [5.74, 6) is 1.03. The second-order valence-corrected chi connectivity index (χ2v) is 6.01. The Morgan fingerprint density at radius 3 is 2.68 bits per heavy atom. The predicted octanol–water partition coefficient (Wildman–Crippen LogP) is 3.98. The minimum Gasteiger partial charge on any atom is -0.493 e. The van der Waals surface area contributed by atoms with E-state index in [2.05, 4.69) is 4.98 Å². The third-order valence-electron chi connectivity index (χ3n) is 3.65. The number of halogens is 1. The SMILES string of the molecule is CCOc1ccc(Cl)c(C(=O)N(C)CCCOc2ccccc2C)n1. The van der Waals surface area contributed by atoms with Crippen molar-refractivity contribution in [3.63, 3.8) is 0 Å². The van der Waals surface area contributed by atoms with Gasteiger partial charge in [0.05, 0.1) is 18.2 Å². The molecule has 0 aliphatic carbocycles. The zero-order valence-corrected chi connectivity index (χ0v) is 15.5. The number of hydrogen-bond acceptors (Lipinski definition) is 4. The van der Waals surface area contributed by atoms with E-state index in [0.29, 0.717) is 37.1 Å². The molecule has 1 amide bonds. The zero-order valence-electron chi connectivity index (χ0n) is 14.8. The second kappa shape index (κ2) is 9.28. The van der Waals surface area contributed by atoms with Gasteiger partial charge in [0.25, 0.3) is 5.91 Å². The molecule has 0 bridgehead atoms. The Labute approximate surface area is 153 Å². The number of hydrogen-bond donors (Lipinski definition) is 0. The fraction of sp³-hybridized carbons (Fsp3) is 0.368. The molecule has 1 heterocycles. The van der Waals surface area contributed by atoms with Crippen molar-refractivity contribution in [2.45, 2.75) is 20.3 Å². The molecule has 0 aliphatic heterocycles. The van der Waals surface area contributed by atoms with Gasteiger partial charge < -0.3 is 14.4 Å². The first kappa shape index (κ1) is 19.1. The molecule has 5 nitrogen and oxygen atoms in total. The number of aryl methyl sites for hydroxylation is 1. The summed E-state index contributed by atoms with van der Waals surface area (Å²) in [5, 5.41) is 0.316. The smallest absolute Gasteiger partial charge is 0.273 e. The summed E-state index contributed by atoms with van der Waals surface area (Å²) in [6, 6.07) is 11.1. The normalized spacial score (nSPS) is 10.4. The van der Waals surface area contributed by atoms with Crippen LogP contribution in [0.1, 0.15) is 29.4 Å². The number of para-hydroxylation sites is 1. The molecular formula is C19H23ClN2O3. The summed E-state index contributed by atoms with van der Waals surface area (Å²) in [6.45, 7) is 5.42. The molecule has 134 valence electrons. The van der Waals surface area contributed by atoms with Gasteiger partial charge in [0.15, 0.2) is 5.69 Å². The highest BCUT2D eigenvalue weighted by atomic mass is 35.5. The summed E-state index contributed by atoms with van der Waals surface area (Å²) >= 11 is 6.10. The quantitative estimate of drug-likeness (QED) is 0.666. The van der Waals surface area contributed by atoms with E-state index in [4.69, 9.17) is 21.1 Å². The molecule has 0 saturated heterocycles. The third-order valence-corrected chi connectivity index (χ3v) is 3.96. The molecule has 0 N–H and O–H groups in total. The Bertz CT molecular complexity index is 722. The van der Waals surface area contributed by atoms with Gasteiger partial charge in [0.1, 0.15) is 5.75 Å². The van der Waals surface area contributed by atoms with Crippen molar-refractivity contribution in [3.8, 4) is 11.6 Å². The molecule has 6 heteroatoms. The van der Waals surface area contributed by atoms with E-state index in [0.717, 1.165) is 11.3 Å². The maximum Gasteiger partial charge on any atom is 0.273 e. The van der Waals surface area contributed by atoms with Gasteiger partial charge in [-0.05, 0) is 38.0 Å². The first-order valence-corrected chi connectivity index (χ1v) is 8.64. The molecule has 0 spiro atoms. The van der Waals surface area contributed by atoms with Gasteiger partial charge in [-0.1, -0.05) is 29.8 Å².